The molecule has 1 aliphatic rings. The average Bonchev–Trinajstić information content (AvgIpc) is 2.78. The summed E-state index contributed by atoms with van der Waals surface area (Å²) in [4.78, 5) is 4.57. The highest BCUT2D eigenvalue weighted by Gasteiger charge is 2.26. The Morgan fingerprint density at radius 1 is 1.18 bits per heavy atom. The van der Waals surface area contributed by atoms with Crippen LogP contribution in [0.1, 0.15) is 36.4 Å². The molecule has 176 valence electrons. The number of nitrogens with zero attached hydrogens (tertiary/aromatic N) is 1. The summed E-state index contributed by atoms with van der Waals surface area (Å²) in [5.74, 6) is 0.747. The minimum Gasteiger partial charge on any atom is -0.493 e. The molecule has 6 nitrogen and oxygen atoms in total. The Bertz CT molecular complexity index is 1230. The van der Waals surface area contributed by atoms with Gasteiger partial charge in [-0.3, -0.25) is 9.71 Å². The number of pyridine rings is 1. The van der Waals surface area contributed by atoms with E-state index >= 15 is 0 Å². The minimum atomic E-state index is -3.57. The lowest BCUT2D eigenvalue weighted by Gasteiger charge is -2.31. The molecule has 8 heteroatoms. The zero-order valence-corrected chi connectivity index (χ0v) is 19.8. The van der Waals surface area contributed by atoms with Gasteiger partial charge in [-0.1, -0.05) is 12.1 Å². The number of benzene rings is 2. The highest BCUT2D eigenvalue weighted by Crippen LogP contribution is 2.36. The summed E-state index contributed by atoms with van der Waals surface area (Å²) < 4.78 is 46.1. The van der Waals surface area contributed by atoms with Gasteiger partial charge in [0, 0.05) is 11.1 Å². The molecule has 0 spiro atoms. The van der Waals surface area contributed by atoms with Gasteiger partial charge in [0.15, 0.2) is 0 Å². The van der Waals surface area contributed by atoms with Crippen LogP contribution in [-0.2, 0) is 10.0 Å². The lowest BCUT2D eigenvalue weighted by atomic mass is 9.78. The number of halogens is 1. The van der Waals surface area contributed by atoms with E-state index in [0.29, 0.717) is 12.5 Å². The van der Waals surface area contributed by atoms with Crippen molar-refractivity contribution in [2.24, 2.45) is 5.92 Å². The third-order valence-corrected chi connectivity index (χ3v) is 6.78. The summed E-state index contributed by atoms with van der Waals surface area (Å²) in [6, 6.07) is 14.6. The largest absolute Gasteiger partial charge is 0.493 e. The Hall–Kier alpha value is -2.71. The quantitative estimate of drug-likeness (QED) is 0.502. The van der Waals surface area contributed by atoms with Gasteiger partial charge in [-0.2, -0.15) is 0 Å². The van der Waals surface area contributed by atoms with Gasteiger partial charge in [0.2, 0.25) is 10.0 Å². The number of hydrogen-bond acceptors (Lipinski definition) is 5. The average molecular weight is 472 g/mol. The van der Waals surface area contributed by atoms with Gasteiger partial charge in [0.25, 0.3) is 0 Å². The van der Waals surface area contributed by atoms with Gasteiger partial charge in [0.1, 0.15) is 11.6 Å². The summed E-state index contributed by atoms with van der Waals surface area (Å²) in [5, 5.41) is 4.36. The number of fused-ring (bicyclic) bond motifs is 1. The Balaban J connectivity index is 1.55. The van der Waals surface area contributed by atoms with Crippen molar-refractivity contribution in [1.29, 1.82) is 0 Å². The Labute approximate surface area is 194 Å². The highest BCUT2D eigenvalue weighted by molar-refractivity contribution is 7.92. The van der Waals surface area contributed by atoms with Crippen LogP contribution in [0.3, 0.4) is 0 Å². The third-order valence-electron chi connectivity index (χ3n) is 6.18. The second-order valence-electron chi connectivity index (χ2n) is 8.72. The molecular formula is C25H30FN3O3S. The van der Waals surface area contributed by atoms with E-state index in [1.54, 1.807) is 12.1 Å². The van der Waals surface area contributed by atoms with Gasteiger partial charge < -0.3 is 10.1 Å². The number of sulfonamides is 1. The van der Waals surface area contributed by atoms with Crippen LogP contribution in [-0.4, -0.2) is 39.4 Å². The molecule has 0 radical (unpaired) electrons. The Morgan fingerprint density at radius 2 is 1.97 bits per heavy atom. The number of piperidine rings is 1. The number of nitrogens with one attached hydrogen (secondary N) is 2. The van der Waals surface area contributed by atoms with Gasteiger partial charge in [0.05, 0.1) is 24.1 Å². The molecule has 0 aliphatic carbocycles. The molecule has 1 aliphatic heterocycles. The second kappa shape index (κ2) is 10.1. The smallest absolute Gasteiger partial charge is 0.229 e. The first-order valence-corrected chi connectivity index (χ1v) is 13.2. The number of hydrogen-bond donors (Lipinski definition) is 2. The predicted molar refractivity (Wildman–Crippen MR) is 130 cm³/mol. The summed E-state index contributed by atoms with van der Waals surface area (Å²) >= 11 is 0. The van der Waals surface area contributed by atoms with Gasteiger partial charge in [-0.25, -0.2) is 12.8 Å². The van der Waals surface area contributed by atoms with Crippen molar-refractivity contribution in [3.05, 3.63) is 65.6 Å². The first-order chi connectivity index (χ1) is 15.8. The van der Waals surface area contributed by atoms with Gasteiger partial charge in [-0.15, -0.1) is 0 Å². The molecule has 2 aromatic carbocycles. The van der Waals surface area contributed by atoms with Crippen LogP contribution < -0.4 is 14.8 Å². The standard InChI is InChI=1S/C25H30FN3O3S/c1-17-6-8-21-23(28-17)4-3-5-25(21)32-15-12-20(18-10-13-27-14-11-18)19-7-9-22(26)24(16-19)29-33(2,30)31/h3-9,16,18,20,27,29H,10-15H2,1-2H3. The molecule has 0 bridgehead atoms. The third kappa shape index (κ3) is 6.00. The highest BCUT2D eigenvalue weighted by atomic mass is 32.2. The number of rotatable bonds is 8. The van der Waals surface area contributed by atoms with E-state index in [9.17, 15) is 12.8 Å². The maximum absolute atomic E-state index is 14.3. The monoisotopic (exact) mass is 471 g/mol. The van der Waals surface area contributed by atoms with Crippen molar-refractivity contribution in [3.63, 3.8) is 0 Å². The van der Waals surface area contributed by atoms with E-state index < -0.39 is 15.8 Å². The number of aryl methyl sites for hydroxylation is 1. The Morgan fingerprint density at radius 3 is 2.73 bits per heavy atom. The van der Waals surface area contributed by atoms with Crippen molar-refractivity contribution < 1.29 is 17.5 Å². The zero-order valence-electron chi connectivity index (χ0n) is 19.0. The van der Waals surface area contributed by atoms with Crippen LogP contribution in [0.4, 0.5) is 10.1 Å². The predicted octanol–water partition coefficient (Wildman–Crippen LogP) is 4.61. The van der Waals surface area contributed by atoms with E-state index in [1.807, 2.05) is 37.3 Å². The van der Waals surface area contributed by atoms with Crippen LogP contribution in [0.15, 0.2) is 48.5 Å². The Kier molecular flexibility index (Phi) is 7.14. The van der Waals surface area contributed by atoms with Crippen LogP contribution in [0.2, 0.25) is 0 Å². The van der Waals surface area contributed by atoms with Crippen molar-refractivity contribution in [1.82, 2.24) is 10.3 Å². The van der Waals surface area contributed by atoms with Crippen molar-refractivity contribution in [2.75, 3.05) is 30.7 Å². The molecule has 33 heavy (non-hydrogen) atoms. The van der Waals surface area contributed by atoms with E-state index in [4.69, 9.17) is 4.74 Å². The first kappa shape index (κ1) is 23.4. The normalized spacial score (nSPS) is 16.0. The fraction of sp³-hybridized carbons (Fsp3) is 0.400. The van der Waals surface area contributed by atoms with Gasteiger partial charge in [-0.05, 0) is 93.1 Å². The van der Waals surface area contributed by atoms with Crippen molar-refractivity contribution in [3.8, 4) is 5.75 Å². The van der Waals surface area contributed by atoms with E-state index in [-0.39, 0.29) is 11.6 Å². The van der Waals surface area contributed by atoms with Crippen LogP contribution >= 0.6 is 0 Å². The van der Waals surface area contributed by atoms with Crippen LogP contribution in [0, 0.1) is 18.7 Å². The number of aromatic nitrogens is 1. The number of ether oxygens (including phenoxy) is 1. The summed E-state index contributed by atoms with van der Waals surface area (Å²) in [6.07, 6.45) is 3.78. The van der Waals surface area contributed by atoms with E-state index in [0.717, 1.165) is 66.5 Å². The fourth-order valence-corrected chi connectivity index (χ4v) is 5.18. The molecule has 1 saturated heterocycles. The molecule has 1 atom stereocenters. The van der Waals surface area contributed by atoms with Crippen LogP contribution in [0.25, 0.3) is 10.9 Å². The fourth-order valence-electron chi connectivity index (χ4n) is 4.62. The topological polar surface area (TPSA) is 80.3 Å². The molecule has 1 aromatic heterocycles. The SMILES string of the molecule is Cc1ccc2c(OCCC(c3ccc(F)c(NS(C)(=O)=O)c3)C3CCNCC3)cccc2n1. The van der Waals surface area contributed by atoms with E-state index in [2.05, 4.69) is 15.0 Å². The number of anilines is 1. The van der Waals surface area contributed by atoms with E-state index in [1.165, 1.54) is 6.07 Å². The molecule has 1 fully saturated rings. The second-order valence-corrected chi connectivity index (χ2v) is 10.5. The molecule has 3 aromatic rings. The summed E-state index contributed by atoms with van der Waals surface area (Å²) in [7, 11) is -3.57. The van der Waals surface area contributed by atoms with Crippen molar-refractivity contribution >= 4 is 26.6 Å². The van der Waals surface area contributed by atoms with Crippen LogP contribution in [0.5, 0.6) is 5.75 Å². The molecule has 1 unspecified atom stereocenters. The summed E-state index contributed by atoms with van der Waals surface area (Å²) in [6.45, 7) is 4.33. The molecule has 2 heterocycles. The lowest BCUT2D eigenvalue weighted by molar-refractivity contribution is 0.249. The van der Waals surface area contributed by atoms with Gasteiger partial charge >= 0.3 is 0 Å². The molecule has 0 amide bonds. The zero-order chi connectivity index (χ0) is 23.4. The molecule has 0 saturated carbocycles. The molecule has 2 N–H and O–H groups in total. The molecular weight excluding hydrogens is 441 g/mol. The first-order valence-electron chi connectivity index (χ1n) is 11.3. The lowest BCUT2D eigenvalue weighted by Crippen LogP contribution is -2.31. The summed E-state index contributed by atoms with van der Waals surface area (Å²) in [5.41, 5.74) is 2.77. The minimum absolute atomic E-state index is 0.00893. The molecule has 4 rings (SSSR count). The van der Waals surface area contributed by atoms with Crippen molar-refractivity contribution in [2.45, 2.75) is 32.1 Å². The maximum atomic E-state index is 14.3. The maximum Gasteiger partial charge on any atom is 0.229 e.